The first-order valence-corrected chi connectivity index (χ1v) is 8.31. The minimum absolute atomic E-state index is 0.608. The molecule has 2 fully saturated rings. The van der Waals surface area contributed by atoms with Crippen molar-refractivity contribution in [3.8, 4) is 0 Å². The summed E-state index contributed by atoms with van der Waals surface area (Å²) in [6.07, 6.45) is 2.62. The van der Waals surface area contributed by atoms with E-state index >= 15 is 0 Å². The summed E-state index contributed by atoms with van der Waals surface area (Å²) in [6.45, 7) is 7.50. The average molecular weight is 281 g/mol. The van der Waals surface area contributed by atoms with Gasteiger partial charge in [0.2, 0.25) is 0 Å². The second-order valence-corrected chi connectivity index (χ2v) is 7.21. The van der Waals surface area contributed by atoms with Gasteiger partial charge in [-0.15, -0.1) is 0 Å². The Morgan fingerprint density at radius 3 is 3.11 bits per heavy atom. The van der Waals surface area contributed by atoms with Crippen LogP contribution >= 0.6 is 11.8 Å². The molecule has 1 N–H and O–H groups in total. The fraction of sp³-hybridized carbons (Fsp3) is 0.786. The quantitative estimate of drug-likeness (QED) is 0.896. The highest BCUT2D eigenvalue weighted by Crippen LogP contribution is 2.25. The Morgan fingerprint density at radius 1 is 1.47 bits per heavy atom. The molecule has 106 valence electrons. The zero-order valence-electron chi connectivity index (χ0n) is 11.8. The van der Waals surface area contributed by atoms with Crippen LogP contribution in [-0.4, -0.2) is 39.7 Å². The van der Waals surface area contributed by atoms with Gasteiger partial charge in [-0.3, -0.25) is 4.90 Å². The Balaban J connectivity index is 1.53. The standard InChI is InChI=1S/C14H23N3OS/c1-10-11(2)19-6-5-17(10)9-14-7-13(16-18-14)8-15-12-3-4-12/h7,10-12,15H,3-6,8-9H2,1-2H3. The van der Waals surface area contributed by atoms with Crippen molar-refractivity contribution in [1.29, 1.82) is 0 Å². The van der Waals surface area contributed by atoms with Crippen LogP contribution in [0.5, 0.6) is 0 Å². The van der Waals surface area contributed by atoms with Crippen molar-refractivity contribution in [3.05, 3.63) is 17.5 Å². The number of nitrogens with one attached hydrogen (secondary N) is 1. The van der Waals surface area contributed by atoms with Crippen molar-refractivity contribution >= 4 is 11.8 Å². The van der Waals surface area contributed by atoms with Gasteiger partial charge in [0, 0.05) is 42.2 Å². The van der Waals surface area contributed by atoms with Gasteiger partial charge in [-0.05, 0) is 19.8 Å². The predicted molar refractivity (Wildman–Crippen MR) is 78.2 cm³/mol. The first-order chi connectivity index (χ1) is 9.22. The topological polar surface area (TPSA) is 41.3 Å². The van der Waals surface area contributed by atoms with Crippen LogP contribution in [0.1, 0.15) is 38.1 Å². The van der Waals surface area contributed by atoms with Crippen LogP contribution in [0.15, 0.2) is 10.6 Å². The molecule has 2 heterocycles. The van der Waals surface area contributed by atoms with Crippen molar-refractivity contribution in [2.75, 3.05) is 12.3 Å². The molecule has 4 nitrogen and oxygen atoms in total. The number of hydrogen-bond donors (Lipinski definition) is 1. The third-order valence-electron chi connectivity index (χ3n) is 4.13. The summed E-state index contributed by atoms with van der Waals surface area (Å²) >= 11 is 2.07. The average Bonchev–Trinajstić information content (AvgIpc) is 3.13. The molecule has 1 aliphatic carbocycles. The maximum atomic E-state index is 5.47. The van der Waals surface area contributed by atoms with Crippen LogP contribution in [-0.2, 0) is 13.1 Å². The highest BCUT2D eigenvalue weighted by molar-refractivity contribution is 8.00. The SMILES string of the molecule is CC1SCCN(Cc2cc(CNC3CC3)no2)C1C. The van der Waals surface area contributed by atoms with E-state index in [1.54, 1.807) is 0 Å². The molecule has 2 unspecified atom stereocenters. The van der Waals surface area contributed by atoms with Crippen molar-refractivity contribution < 1.29 is 4.52 Å². The molecule has 0 radical (unpaired) electrons. The van der Waals surface area contributed by atoms with Crippen molar-refractivity contribution in [1.82, 2.24) is 15.4 Å². The Morgan fingerprint density at radius 2 is 2.32 bits per heavy atom. The van der Waals surface area contributed by atoms with Crippen LogP contribution in [0, 0.1) is 0 Å². The molecule has 1 saturated carbocycles. The highest BCUT2D eigenvalue weighted by Gasteiger charge is 2.26. The number of aromatic nitrogens is 1. The van der Waals surface area contributed by atoms with E-state index in [0.29, 0.717) is 11.3 Å². The lowest BCUT2D eigenvalue weighted by atomic mass is 10.2. The van der Waals surface area contributed by atoms with E-state index in [1.807, 2.05) is 0 Å². The molecular formula is C14H23N3OS. The van der Waals surface area contributed by atoms with E-state index < -0.39 is 0 Å². The molecule has 1 aliphatic heterocycles. The van der Waals surface area contributed by atoms with E-state index in [2.05, 4.69) is 47.0 Å². The van der Waals surface area contributed by atoms with E-state index in [1.165, 1.54) is 18.6 Å². The largest absolute Gasteiger partial charge is 0.360 e. The van der Waals surface area contributed by atoms with Gasteiger partial charge in [0.25, 0.3) is 0 Å². The summed E-state index contributed by atoms with van der Waals surface area (Å²) in [5.74, 6) is 2.22. The molecule has 0 amide bonds. The zero-order chi connectivity index (χ0) is 13.2. The smallest absolute Gasteiger partial charge is 0.151 e. The maximum absolute atomic E-state index is 5.47. The number of rotatable bonds is 5. The first kappa shape index (κ1) is 13.5. The number of hydrogen-bond acceptors (Lipinski definition) is 5. The van der Waals surface area contributed by atoms with Crippen LogP contribution < -0.4 is 5.32 Å². The minimum Gasteiger partial charge on any atom is -0.360 e. The van der Waals surface area contributed by atoms with Gasteiger partial charge in [0.15, 0.2) is 5.76 Å². The van der Waals surface area contributed by atoms with Gasteiger partial charge in [0.1, 0.15) is 0 Å². The lowest BCUT2D eigenvalue weighted by Gasteiger charge is -2.36. The van der Waals surface area contributed by atoms with Gasteiger partial charge in [-0.25, -0.2) is 0 Å². The first-order valence-electron chi connectivity index (χ1n) is 7.26. The molecule has 19 heavy (non-hydrogen) atoms. The molecule has 3 rings (SSSR count). The molecule has 2 atom stereocenters. The monoisotopic (exact) mass is 281 g/mol. The summed E-state index contributed by atoms with van der Waals surface area (Å²) in [7, 11) is 0. The number of thioether (sulfide) groups is 1. The van der Waals surface area contributed by atoms with Crippen molar-refractivity contribution in [2.24, 2.45) is 0 Å². The molecular weight excluding hydrogens is 258 g/mol. The third kappa shape index (κ3) is 3.52. The second kappa shape index (κ2) is 5.85. The van der Waals surface area contributed by atoms with E-state index in [9.17, 15) is 0 Å². The molecule has 2 aliphatic rings. The fourth-order valence-corrected chi connectivity index (χ4v) is 3.63. The molecule has 1 aromatic rings. The van der Waals surface area contributed by atoms with Crippen molar-refractivity contribution in [2.45, 2.75) is 57.1 Å². The highest BCUT2D eigenvalue weighted by atomic mass is 32.2. The second-order valence-electron chi connectivity index (χ2n) is 5.73. The molecule has 0 bridgehead atoms. The zero-order valence-corrected chi connectivity index (χ0v) is 12.6. The van der Waals surface area contributed by atoms with Gasteiger partial charge in [-0.1, -0.05) is 12.1 Å². The van der Waals surface area contributed by atoms with E-state index in [0.717, 1.165) is 37.1 Å². The Bertz CT molecular complexity index is 419. The Kier molecular flexibility index (Phi) is 4.15. The summed E-state index contributed by atoms with van der Waals surface area (Å²) in [6, 6.07) is 3.44. The molecule has 5 heteroatoms. The van der Waals surface area contributed by atoms with Crippen LogP contribution in [0.2, 0.25) is 0 Å². The maximum Gasteiger partial charge on any atom is 0.151 e. The van der Waals surface area contributed by atoms with Crippen LogP contribution in [0.25, 0.3) is 0 Å². The van der Waals surface area contributed by atoms with Crippen LogP contribution in [0.3, 0.4) is 0 Å². The summed E-state index contributed by atoms with van der Waals surface area (Å²) in [4.78, 5) is 2.50. The molecule has 0 aromatic carbocycles. The predicted octanol–water partition coefficient (Wildman–Crippen LogP) is 2.25. The Labute approximate surface area is 119 Å². The van der Waals surface area contributed by atoms with Gasteiger partial charge in [-0.2, -0.15) is 11.8 Å². The van der Waals surface area contributed by atoms with Gasteiger partial charge < -0.3 is 9.84 Å². The summed E-state index contributed by atoms with van der Waals surface area (Å²) < 4.78 is 5.47. The summed E-state index contributed by atoms with van der Waals surface area (Å²) in [5.41, 5.74) is 1.04. The minimum atomic E-state index is 0.608. The lowest BCUT2D eigenvalue weighted by molar-refractivity contribution is 0.181. The van der Waals surface area contributed by atoms with Gasteiger partial charge >= 0.3 is 0 Å². The lowest BCUT2D eigenvalue weighted by Crippen LogP contribution is -2.43. The number of nitrogens with zero attached hydrogens (tertiary/aromatic N) is 2. The summed E-state index contributed by atoms with van der Waals surface area (Å²) in [5, 5.41) is 8.32. The molecule has 1 aromatic heterocycles. The van der Waals surface area contributed by atoms with Gasteiger partial charge in [0.05, 0.1) is 12.2 Å². The third-order valence-corrected chi connectivity index (χ3v) is 5.47. The van der Waals surface area contributed by atoms with Crippen molar-refractivity contribution in [3.63, 3.8) is 0 Å². The molecule has 1 saturated heterocycles. The van der Waals surface area contributed by atoms with Crippen LogP contribution in [0.4, 0.5) is 0 Å². The van der Waals surface area contributed by atoms with E-state index in [4.69, 9.17) is 4.52 Å². The molecule has 0 spiro atoms. The van der Waals surface area contributed by atoms with E-state index in [-0.39, 0.29) is 0 Å². The Hall–Kier alpha value is -0.520. The fourth-order valence-electron chi connectivity index (χ4n) is 2.47. The normalized spacial score (nSPS) is 28.7.